The number of pyridine rings is 1. The van der Waals surface area contributed by atoms with Crippen molar-refractivity contribution in [2.24, 2.45) is 7.05 Å². The summed E-state index contributed by atoms with van der Waals surface area (Å²) in [5.74, 6) is 0. The SMILES string of the molecule is Cn1ccc(-c2cccc(-c3cncc4ccccc34)c2)n1. The minimum absolute atomic E-state index is 0.984. The zero-order valence-corrected chi connectivity index (χ0v) is 12.3. The summed E-state index contributed by atoms with van der Waals surface area (Å²) in [5, 5.41) is 6.85. The van der Waals surface area contributed by atoms with Gasteiger partial charge in [-0.05, 0) is 23.1 Å². The van der Waals surface area contributed by atoms with Crippen molar-refractivity contribution in [3.05, 3.63) is 73.2 Å². The highest BCUT2D eigenvalue weighted by molar-refractivity contribution is 5.96. The highest BCUT2D eigenvalue weighted by Crippen LogP contribution is 2.30. The van der Waals surface area contributed by atoms with Gasteiger partial charge in [-0.3, -0.25) is 9.67 Å². The molecule has 0 aliphatic heterocycles. The molecule has 0 unspecified atom stereocenters. The maximum absolute atomic E-state index is 4.48. The average molecular weight is 285 g/mol. The molecule has 0 bridgehead atoms. The molecular weight excluding hydrogens is 270 g/mol. The Hall–Kier alpha value is -2.94. The first kappa shape index (κ1) is 12.8. The van der Waals surface area contributed by atoms with E-state index < -0.39 is 0 Å². The van der Waals surface area contributed by atoms with Gasteiger partial charge in [0.05, 0.1) is 5.69 Å². The van der Waals surface area contributed by atoms with E-state index in [0.717, 1.165) is 27.8 Å². The number of rotatable bonds is 2. The minimum Gasteiger partial charge on any atom is -0.275 e. The number of nitrogens with zero attached hydrogens (tertiary/aromatic N) is 3. The van der Waals surface area contributed by atoms with Crippen LogP contribution in [-0.2, 0) is 7.05 Å². The summed E-state index contributed by atoms with van der Waals surface area (Å²) < 4.78 is 1.82. The summed E-state index contributed by atoms with van der Waals surface area (Å²) in [6, 6.07) is 18.8. The maximum atomic E-state index is 4.48. The zero-order chi connectivity index (χ0) is 14.9. The number of aromatic nitrogens is 3. The zero-order valence-electron chi connectivity index (χ0n) is 12.3. The van der Waals surface area contributed by atoms with Crippen LogP contribution in [0.15, 0.2) is 73.2 Å². The van der Waals surface area contributed by atoms with Crippen LogP contribution in [0.2, 0.25) is 0 Å². The van der Waals surface area contributed by atoms with Crippen LogP contribution in [0.3, 0.4) is 0 Å². The molecule has 0 atom stereocenters. The Morgan fingerprint density at radius 1 is 0.864 bits per heavy atom. The van der Waals surface area contributed by atoms with E-state index in [2.05, 4.69) is 52.5 Å². The monoisotopic (exact) mass is 285 g/mol. The smallest absolute Gasteiger partial charge is 0.0923 e. The Morgan fingerprint density at radius 3 is 2.59 bits per heavy atom. The molecule has 0 fully saturated rings. The topological polar surface area (TPSA) is 30.7 Å². The number of aryl methyl sites for hydroxylation is 1. The van der Waals surface area contributed by atoms with E-state index in [0.29, 0.717) is 0 Å². The van der Waals surface area contributed by atoms with Crippen LogP contribution < -0.4 is 0 Å². The molecule has 0 aliphatic carbocycles. The van der Waals surface area contributed by atoms with Crippen molar-refractivity contribution in [2.75, 3.05) is 0 Å². The lowest BCUT2D eigenvalue weighted by Gasteiger charge is -2.07. The standard InChI is InChI=1S/C19H15N3/c1-22-10-9-19(21-22)15-7-4-6-14(11-15)18-13-20-12-16-5-2-3-8-17(16)18/h2-13H,1H3. The number of benzene rings is 2. The van der Waals surface area contributed by atoms with Crippen molar-refractivity contribution in [1.29, 1.82) is 0 Å². The predicted molar refractivity (Wildman–Crippen MR) is 89.4 cm³/mol. The summed E-state index contributed by atoms with van der Waals surface area (Å²) in [5.41, 5.74) is 4.41. The molecule has 3 nitrogen and oxygen atoms in total. The van der Waals surface area contributed by atoms with Crippen LogP contribution >= 0.6 is 0 Å². The summed E-state index contributed by atoms with van der Waals surface area (Å²) in [6.45, 7) is 0. The van der Waals surface area contributed by atoms with Gasteiger partial charge in [-0.1, -0.05) is 42.5 Å². The first-order valence-corrected chi connectivity index (χ1v) is 7.24. The fourth-order valence-corrected chi connectivity index (χ4v) is 2.76. The van der Waals surface area contributed by atoms with Crippen molar-refractivity contribution in [3.63, 3.8) is 0 Å². The summed E-state index contributed by atoms with van der Waals surface area (Å²) in [6.07, 6.45) is 5.79. The molecule has 2 aromatic carbocycles. The number of hydrogen-bond acceptors (Lipinski definition) is 2. The van der Waals surface area contributed by atoms with Gasteiger partial charge in [-0.15, -0.1) is 0 Å². The molecule has 4 aromatic rings. The molecule has 0 amide bonds. The second-order valence-electron chi connectivity index (χ2n) is 5.36. The molecule has 0 N–H and O–H groups in total. The number of fused-ring (bicyclic) bond motifs is 1. The van der Waals surface area contributed by atoms with E-state index in [1.807, 2.05) is 42.5 Å². The number of hydrogen-bond donors (Lipinski definition) is 0. The van der Waals surface area contributed by atoms with Crippen LogP contribution in [0.5, 0.6) is 0 Å². The predicted octanol–water partition coefficient (Wildman–Crippen LogP) is 4.30. The van der Waals surface area contributed by atoms with Gasteiger partial charge >= 0.3 is 0 Å². The summed E-state index contributed by atoms with van der Waals surface area (Å²) in [4.78, 5) is 4.38. The lowest BCUT2D eigenvalue weighted by Crippen LogP contribution is -1.88. The Balaban J connectivity index is 1.89. The van der Waals surface area contributed by atoms with Gasteiger partial charge in [0, 0.05) is 42.2 Å². The summed E-state index contributed by atoms with van der Waals surface area (Å²) >= 11 is 0. The molecule has 22 heavy (non-hydrogen) atoms. The molecule has 0 saturated carbocycles. The highest BCUT2D eigenvalue weighted by atomic mass is 15.2. The minimum atomic E-state index is 0.984. The van der Waals surface area contributed by atoms with E-state index >= 15 is 0 Å². The molecule has 4 rings (SSSR count). The van der Waals surface area contributed by atoms with Crippen molar-refractivity contribution >= 4 is 10.8 Å². The van der Waals surface area contributed by atoms with Crippen molar-refractivity contribution in [2.45, 2.75) is 0 Å². The van der Waals surface area contributed by atoms with Crippen LogP contribution in [-0.4, -0.2) is 14.8 Å². The van der Waals surface area contributed by atoms with Crippen molar-refractivity contribution in [3.8, 4) is 22.4 Å². The highest BCUT2D eigenvalue weighted by Gasteiger charge is 2.07. The van der Waals surface area contributed by atoms with Gasteiger partial charge in [0.15, 0.2) is 0 Å². The van der Waals surface area contributed by atoms with Crippen LogP contribution in [0.25, 0.3) is 33.2 Å². The Kier molecular flexibility index (Phi) is 2.97. The summed E-state index contributed by atoms with van der Waals surface area (Å²) in [7, 11) is 1.93. The van der Waals surface area contributed by atoms with Crippen LogP contribution in [0, 0.1) is 0 Å². The van der Waals surface area contributed by atoms with E-state index in [1.54, 1.807) is 0 Å². The molecule has 0 spiro atoms. The van der Waals surface area contributed by atoms with Gasteiger partial charge < -0.3 is 0 Å². The Bertz CT molecular complexity index is 948. The second-order valence-corrected chi connectivity index (χ2v) is 5.36. The first-order chi connectivity index (χ1) is 10.8. The van der Waals surface area contributed by atoms with Gasteiger partial charge in [0.2, 0.25) is 0 Å². The molecule has 2 heterocycles. The molecule has 0 radical (unpaired) electrons. The average Bonchev–Trinajstić information content (AvgIpc) is 3.01. The fourth-order valence-electron chi connectivity index (χ4n) is 2.76. The third kappa shape index (κ3) is 2.17. The first-order valence-electron chi connectivity index (χ1n) is 7.24. The van der Waals surface area contributed by atoms with Gasteiger partial charge in [0.1, 0.15) is 0 Å². The Labute approximate surface area is 128 Å². The Morgan fingerprint density at radius 2 is 1.73 bits per heavy atom. The quantitative estimate of drug-likeness (QED) is 0.549. The molecule has 0 aliphatic rings. The fraction of sp³-hybridized carbons (Fsp3) is 0.0526. The van der Waals surface area contributed by atoms with Gasteiger partial charge in [-0.25, -0.2) is 0 Å². The van der Waals surface area contributed by atoms with E-state index in [1.165, 1.54) is 5.39 Å². The van der Waals surface area contributed by atoms with Gasteiger partial charge in [-0.2, -0.15) is 5.10 Å². The molecule has 3 heteroatoms. The molecule has 2 aromatic heterocycles. The largest absolute Gasteiger partial charge is 0.275 e. The molecule has 106 valence electrons. The normalized spacial score (nSPS) is 11.0. The maximum Gasteiger partial charge on any atom is 0.0923 e. The van der Waals surface area contributed by atoms with Crippen molar-refractivity contribution < 1.29 is 0 Å². The molecular formula is C19H15N3. The van der Waals surface area contributed by atoms with E-state index in [9.17, 15) is 0 Å². The third-order valence-corrected chi connectivity index (χ3v) is 3.85. The molecule has 0 saturated heterocycles. The van der Waals surface area contributed by atoms with Crippen molar-refractivity contribution in [1.82, 2.24) is 14.8 Å². The third-order valence-electron chi connectivity index (χ3n) is 3.85. The van der Waals surface area contributed by atoms with Crippen LogP contribution in [0.4, 0.5) is 0 Å². The van der Waals surface area contributed by atoms with E-state index in [-0.39, 0.29) is 0 Å². The van der Waals surface area contributed by atoms with E-state index in [4.69, 9.17) is 0 Å². The lowest BCUT2D eigenvalue weighted by molar-refractivity contribution is 0.771. The lowest BCUT2D eigenvalue weighted by atomic mass is 9.99. The van der Waals surface area contributed by atoms with Gasteiger partial charge in [0.25, 0.3) is 0 Å². The van der Waals surface area contributed by atoms with Crippen LogP contribution in [0.1, 0.15) is 0 Å². The second kappa shape index (κ2) is 5.11.